The predicted octanol–water partition coefficient (Wildman–Crippen LogP) is 5.32. The third-order valence-corrected chi connectivity index (χ3v) is 4.94. The first-order chi connectivity index (χ1) is 9.65. The number of aryl methyl sites for hydroxylation is 2. The van der Waals surface area contributed by atoms with Crippen molar-refractivity contribution in [1.82, 2.24) is 0 Å². The fourth-order valence-corrected chi connectivity index (χ4v) is 3.93. The van der Waals surface area contributed by atoms with Crippen LogP contribution < -0.4 is 0 Å². The van der Waals surface area contributed by atoms with Crippen molar-refractivity contribution >= 4 is 37.6 Å². The van der Waals surface area contributed by atoms with Crippen LogP contribution in [0.2, 0.25) is 0 Å². The van der Waals surface area contributed by atoms with Gasteiger partial charge in [-0.2, -0.15) is 0 Å². The fraction of sp³-hybridized carbons (Fsp3) is 0.235. The second kappa shape index (κ2) is 5.82. The first-order valence-corrected chi connectivity index (χ1v) is 8.35. The second-order valence-corrected chi connectivity index (χ2v) is 6.91. The molecule has 0 unspecified atom stereocenters. The summed E-state index contributed by atoms with van der Waals surface area (Å²) in [6.07, 6.45) is 4.73. The van der Waals surface area contributed by atoms with Gasteiger partial charge in [-0.1, -0.05) is 28.1 Å². The van der Waals surface area contributed by atoms with E-state index in [9.17, 15) is 4.79 Å². The van der Waals surface area contributed by atoms with E-state index >= 15 is 0 Å². The molecule has 0 aromatic heterocycles. The van der Waals surface area contributed by atoms with E-state index in [0.29, 0.717) is 5.56 Å². The van der Waals surface area contributed by atoms with Gasteiger partial charge in [-0.25, -0.2) is 0 Å². The molecule has 1 aliphatic rings. The minimum atomic E-state index is 0.0812. The zero-order valence-corrected chi connectivity index (χ0v) is 14.1. The number of hydrogen-bond donors (Lipinski definition) is 0. The van der Waals surface area contributed by atoms with Crippen LogP contribution in [0.4, 0.5) is 0 Å². The Labute approximate surface area is 135 Å². The Morgan fingerprint density at radius 3 is 2.40 bits per heavy atom. The van der Waals surface area contributed by atoms with E-state index in [-0.39, 0.29) is 5.78 Å². The molecule has 0 saturated heterocycles. The lowest BCUT2D eigenvalue weighted by atomic mass is 9.89. The molecule has 0 N–H and O–H groups in total. The fourth-order valence-electron chi connectivity index (χ4n) is 2.70. The summed E-state index contributed by atoms with van der Waals surface area (Å²) >= 11 is 6.88. The molecule has 0 saturated carbocycles. The summed E-state index contributed by atoms with van der Waals surface area (Å²) in [4.78, 5) is 12.6. The smallest absolute Gasteiger partial charge is 0.194 e. The van der Waals surface area contributed by atoms with Crippen molar-refractivity contribution in [3.8, 4) is 0 Å². The molecule has 0 heterocycles. The largest absolute Gasteiger partial charge is 0.289 e. The highest BCUT2D eigenvalue weighted by Crippen LogP contribution is 2.27. The lowest BCUT2D eigenvalue weighted by Crippen LogP contribution is -2.07. The van der Waals surface area contributed by atoms with Crippen LogP contribution in [0.1, 0.15) is 39.9 Å². The topological polar surface area (TPSA) is 17.1 Å². The van der Waals surface area contributed by atoms with Gasteiger partial charge in [0.2, 0.25) is 0 Å². The standard InChI is InChI=1S/C17H14Br2O/c18-14-7-8-15(16(19)10-14)17(20)13-6-5-11-3-1-2-4-12(11)9-13/h5-10H,1-4H2. The summed E-state index contributed by atoms with van der Waals surface area (Å²) in [5.74, 6) is 0.0812. The third kappa shape index (κ3) is 2.75. The molecule has 3 heteroatoms. The predicted molar refractivity (Wildman–Crippen MR) is 88.4 cm³/mol. The lowest BCUT2D eigenvalue weighted by Gasteiger charge is -2.16. The molecular formula is C17H14Br2O. The van der Waals surface area contributed by atoms with Crippen LogP contribution in [-0.4, -0.2) is 5.78 Å². The molecule has 1 aliphatic carbocycles. The second-order valence-electron chi connectivity index (χ2n) is 5.14. The van der Waals surface area contributed by atoms with E-state index in [1.807, 2.05) is 24.3 Å². The number of ketones is 1. The van der Waals surface area contributed by atoms with Gasteiger partial charge in [0.1, 0.15) is 0 Å². The van der Waals surface area contributed by atoms with Crippen LogP contribution in [-0.2, 0) is 12.8 Å². The van der Waals surface area contributed by atoms with Crippen LogP contribution in [0.15, 0.2) is 45.3 Å². The minimum Gasteiger partial charge on any atom is -0.289 e. The van der Waals surface area contributed by atoms with Crippen molar-refractivity contribution in [2.75, 3.05) is 0 Å². The molecule has 0 atom stereocenters. The summed E-state index contributed by atoms with van der Waals surface area (Å²) in [6.45, 7) is 0. The maximum Gasteiger partial charge on any atom is 0.194 e. The number of carbonyl (C=O) groups excluding carboxylic acids is 1. The van der Waals surface area contributed by atoms with Crippen LogP contribution in [0.3, 0.4) is 0 Å². The molecule has 0 amide bonds. The molecule has 2 aromatic carbocycles. The molecule has 0 spiro atoms. The highest BCUT2D eigenvalue weighted by Gasteiger charge is 2.16. The van der Waals surface area contributed by atoms with Crippen molar-refractivity contribution in [2.45, 2.75) is 25.7 Å². The molecule has 0 bridgehead atoms. The molecule has 0 radical (unpaired) electrons. The Morgan fingerprint density at radius 2 is 1.65 bits per heavy atom. The highest BCUT2D eigenvalue weighted by atomic mass is 79.9. The number of hydrogen-bond acceptors (Lipinski definition) is 1. The molecule has 0 aliphatic heterocycles. The summed E-state index contributed by atoms with van der Waals surface area (Å²) in [5, 5.41) is 0. The zero-order chi connectivity index (χ0) is 14.1. The minimum absolute atomic E-state index is 0.0812. The Balaban J connectivity index is 1.98. The first kappa shape index (κ1) is 14.0. The summed E-state index contributed by atoms with van der Waals surface area (Å²) in [5.41, 5.74) is 4.25. The molecule has 1 nitrogen and oxygen atoms in total. The van der Waals surface area contributed by atoms with Crippen LogP contribution >= 0.6 is 31.9 Å². The van der Waals surface area contributed by atoms with Gasteiger partial charge in [-0.3, -0.25) is 4.79 Å². The molecular weight excluding hydrogens is 380 g/mol. The lowest BCUT2D eigenvalue weighted by molar-refractivity contribution is 0.103. The van der Waals surface area contributed by atoms with E-state index < -0.39 is 0 Å². The Bertz CT molecular complexity index is 677. The summed E-state index contributed by atoms with van der Waals surface area (Å²) in [7, 11) is 0. The molecule has 3 rings (SSSR count). The Hall–Kier alpha value is -0.930. The number of benzene rings is 2. The Morgan fingerprint density at radius 1 is 0.900 bits per heavy atom. The van der Waals surface area contributed by atoms with E-state index in [1.165, 1.54) is 24.0 Å². The van der Waals surface area contributed by atoms with Crippen molar-refractivity contribution in [2.24, 2.45) is 0 Å². The van der Waals surface area contributed by atoms with Crippen molar-refractivity contribution < 1.29 is 4.79 Å². The number of rotatable bonds is 2. The van der Waals surface area contributed by atoms with Gasteiger partial charge in [0, 0.05) is 20.1 Å². The van der Waals surface area contributed by atoms with Gasteiger partial charge >= 0.3 is 0 Å². The van der Waals surface area contributed by atoms with Gasteiger partial charge in [-0.15, -0.1) is 0 Å². The number of fused-ring (bicyclic) bond motifs is 1. The maximum absolute atomic E-state index is 12.6. The van der Waals surface area contributed by atoms with Crippen molar-refractivity contribution in [3.63, 3.8) is 0 Å². The monoisotopic (exact) mass is 392 g/mol. The summed E-state index contributed by atoms with van der Waals surface area (Å²) < 4.78 is 1.79. The molecule has 20 heavy (non-hydrogen) atoms. The SMILES string of the molecule is O=C(c1ccc2c(c1)CCCC2)c1ccc(Br)cc1Br. The van der Waals surface area contributed by atoms with Gasteiger partial charge in [-0.05, 0) is 77.0 Å². The van der Waals surface area contributed by atoms with E-state index in [0.717, 1.165) is 27.4 Å². The van der Waals surface area contributed by atoms with Gasteiger partial charge in [0.15, 0.2) is 5.78 Å². The first-order valence-electron chi connectivity index (χ1n) is 6.77. The van der Waals surface area contributed by atoms with Crippen LogP contribution in [0.5, 0.6) is 0 Å². The van der Waals surface area contributed by atoms with Crippen LogP contribution in [0.25, 0.3) is 0 Å². The molecule has 0 fully saturated rings. The average molecular weight is 394 g/mol. The van der Waals surface area contributed by atoms with Crippen LogP contribution in [0, 0.1) is 0 Å². The Kier molecular flexibility index (Phi) is 4.08. The van der Waals surface area contributed by atoms with Gasteiger partial charge < -0.3 is 0 Å². The number of carbonyl (C=O) groups is 1. The number of halogens is 2. The summed E-state index contributed by atoms with van der Waals surface area (Å²) in [6, 6.07) is 11.8. The van der Waals surface area contributed by atoms with Crippen molar-refractivity contribution in [3.05, 3.63) is 67.6 Å². The van der Waals surface area contributed by atoms with Gasteiger partial charge in [0.05, 0.1) is 0 Å². The molecule has 102 valence electrons. The van der Waals surface area contributed by atoms with E-state index in [4.69, 9.17) is 0 Å². The third-order valence-electron chi connectivity index (χ3n) is 3.79. The maximum atomic E-state index is 12.6. The molecule has 2 aromatic rings. The normalized spacial score (nSPS) is 13.9. The van der Waals surface area contributed by atoms with Crippen molar-refractivity contribution in [1.29, 1.82) is 0 Å². The average Bonchev–Trinajstić information content (AvgIpc) is 2.46. The highest BCUT2D eigenvalue weighted by molar-refractivity contribution is 9.11. The van der Waals surface area contributed by atoms with E-state index in [1.54, 1.807) is 0 Å². The zero-order valence-electron chi connectivity index (χ0n) is 11.0. The van der Waals surface area contributed by atoms with E-state index in [2.05, 4.69) is 44.0 Å². The quantitative estimate of drug-likeness (QED) is 0.631. The van der Waals surface area contributed by atoms with Gasteiger partial charge in [0.25, 0.3) is 0 Å².